The van der Waals surface area contributed by atoms with Gasteiger partial charge in [0.2, 0.25) is 31.4 Å². The molecule has 0 spiro atoms. The van der Waals surface area contributed by atoms with Crippen molar-refractivity contribution in [2.75, 3.05) is 26.7 Å². The summed E-state index contributed by atoms with van der Waals surface area (Å²) in [6.07, 6.45) is 3.84. The van der Waals surface area contributed by atoms with E-state index < -0.39 is 61.9 Å². The molecule has 0 unspecified atom stereocenters. The van der Waals surface area contributed by atoms with Crippen molar-refractivity contribution < 1.29 is 47.1 Å². The predicted octanol–water partition coefficient (Wildman–Crippen LogP) is 7.67. The summed E-state index contributed by atoms with van der Waals surface area (Å²) in [6.45, 7) is 17.3. The van der Waals surface area contributed by atoms with E-state index in [9.17, 15) is 28.5 Å². The van der Waals surface area contributed by atoms with Crippen LogP contribution in [0.2, 0.25) is 0 Å². The summed E-state index contributed by atoms with van der Waals surface area (Å²) in [7, 11) is -4.05. The third-order valence-electron chi connectivity index (χ3n) is 11.2. The van der Waals surface area contributed by atoms with Crippen LogP contribution < -0.4 is 5.32 Å². The lowest BCUT2D eigenvalue weighted by Crippen LogP contribution is -2.56. The van der Waals surface area contributed by atoms with Crippen LogP contribution in [0.1, 0.15) is 107 Å². The number of thiophene rings is 1. The van der Waals surface area contributed by atoms with E-state index >= 15 is 0 Å². The van der Waals surface area contributed by atoms with E-state index in [1.807, 2.05) is 30.3 Å². The molecule has 60 heavy (non-hydrogen) atoms. The largest absolute Gasteiger partial charge is 0.438 e. The van der Waals surface area contributed by atoms with E-state index in [4.69, 9.17) is 25.1 Å². The number of hydrogen-bond acceptors (Lipinski definition) is 11. The Morgan fingerprint density at radius 2 is 1.52 bits per heavy atom. The van der Waals surface area contributed by atoms with E-state index in [1.165, 1.54) is 11.3 Å². The first-order valence-corrected chi connectivity index (χ1v) is 23.0. The molecule has 0 radical (unpaired) electrons. The van der Waals surface area contributed by atoms with Crippen LogP contribution in [-0.4, -0.2) is 90.3 Å². The van der Waals surface area contributed by atoms with Crippen LogP contribution in [0.15, 0.2) is 54.6 Å². The summed E-state index contributed by atoms with van der Waals surface area (Å²) >= 11 is 1.24. The molecule has 3 aliphatic heterocycles. The number of hydrogen-bond donors (Lipinski definition) is 1. The Morgan fingerprint density at radius 3 is 2.15 bits per heavy atom. The molecule has 0 aliphatic carbocycles. The normalized spacial score (nSPS) is 22.4. The van der Waals surface area contributed by atoms with E-state index in [1.54, 1.807) is 75.6 Å². The second-order valence-electron chi connectivity index (χ2n) is 17.9. The highest BCUT2D eigenvalue weighted by Crippen LogP contribution is 2.52. The summed E-state index contributed by atoms with van der Waals surface area (Å²) in [5.41, 5.74) is -0.0930. The summed E-state index contributed by atoms with van der Waals surface area (Å²) in [4.78, 5) is 74.7. The second-order valence-corrected chi connectivity index (χ2v) is 21.0. The fraction of sp³-hybridized carbons (Fsp3) is 0.545. The first-order chi connectivity index (χ1) is 28.4. The Labute approximate surface area is 355 Å². The van der Waals surface area contributed by atoms with Crippen molar-refractivity contribution in [3.05, 3.63) is 82.0 Å². The molecule has 322 valence electrons. The minimum Gasteiger partial charge on any atom is -0.438 e. The lowest BCUT2D eigenvalue weighted by atomic mass is 9.95. The van der Waals surface area contributed by atoms with E-state index in [0.717, 1.165) is 29.5 Å². The van der Waals surface area contributed by atoms with Gasteiger partial charge in [-0.05, 0) is 102 Å². The quantitative estimate of drug-likeness (QED) is 0.0828. The highest BCUT2D eigenvalue weighted by atomic mass is 32.1. The van der Waals surface area contributed by atoms with Gasteiger partial charge in [0.1, 0.15) is 12.1 Å². The molecule has 4 heterocycles. The van der Waals surface area contributed by atoms with Crippen molar-refractivity contribution in [2.24, 2.45) is 10.8 Å². The molecule has 1 aromatic heterocycles. The number of carbonyl (C=O) groups excluding carboxylic acids is 5. The van der Waals surface area contributed by atoms with Gasteiger partial charge in [-0.1, -0.05) is 49.2 Å². The molecule has 6 rings (SSSR count). The van der Waals surface area contributed by atoms with Gasteiger partial charge in [0.25, 0.3) is 5.91 Å². The summed E-state index contributed by atoms with van der Waals surface area (Å²) in [6, 6.07) is 14.8. The van der Waals surface area contributed by atoms with Crippen LogP contribution >= 0.6 is 18.9 Å². The van der Waals surface area contributed by atoms with Gasteiger partial charge >= 0.3 is 19.5 Å². The Balaban J connectivity index is 1.14. The van der Waals surface area contributed by atoms with E-state index in [2.05, 4.69) is 10.2 Å². The highest BCUT2D eigenvalue weighted by molar-refractivity contribution is 7.53. The van der Waals surface area contributed by atoms with Gasteiger partial charge in [0.05, 0.1) is 34.3 Å². The van der Waals surface area contributed by atoms with Gasteiger partial charge in [0, 0.05) is 17.3 Å². The fourth-order valence-corrected chi connectivity index (χ4v) is 10.2. The van der Waals surface area contributed by atoms with Crippen LogP contribution in [0, 0.1) is 17.4 Å². The molecular formula is C44H55N4O10PS. The minimum atomic E-state index is -4.05. The Kier molecular flexibility index (Phi) is 13.9. The lowest BCUT2D eigenvalue weighted by molar-refractivity contribution is -0.162. The van der Waals surface area contributed by atoms with Crippen molar-refractivity contribution in [1.29, 1.82) is 0 Å². The maximum Gasteiger partial charge on any atom is 0.340 e. The number of likely N-dealkylation sites (tertiary alicyclic amines) is 1. The van der Waals surface area contributed by atoms with Gasteiger partial charge in [-0.15, -0.1) is 11.3 Å². The van der Waals surface area contributed by atoms with Gasteiger partial charge < -0.3 is 29.4 Å². The van der Waals surface area contributed by atoms with Crippen molar-refractivity contribution in [1.82, 2.24) is 15.1 Å². The smallest absolute Gasteiger partial charge is 0.340 e. The number of fused-ring (bicyclic) bond motifs is 2. The van der Waals surface area contributed by atoms with E-state index in [-0.39, 0.29) is 36.0 Å². The average Bonchev–Trinajstić information content (AvgIpc) is 3.94. The number of amides is 3. The number of ether oxygens (including phenoxy) is 2. The fourth-order valence-electron chi connectivity index (χ4n) is 7.88. The molecular weight excluding hydrogens is 808 g/mol. The molecule has 3 saturated heterocycles. The van der Waals surface area contributed by atoms with E-state index in [0.29, 0.717) is 48.2 Å². The van der Waals surface area contributed by atoms with Gasteiger partial charge in [-0.2, -0.15) is 0 Å². The maximum atomic E-state index is 14.3. The third kappa shape index (κ3) is 10.6. The van der Waals surface area contributed by atoms with Crippen LogP contribution in [0.3, 0.4) is 0 Å². The standard InChI is InChI=1S/C44H55N4O10PS/c1-43(2,3)41(52)55-26-57-59(54,58-27-56-42(53)44(4,5)6)25-28-17-20-36-30(21-28)22-37(60-36)38(49)46-33-16-12-11-15-31-18-19-35(48(31)39(33)50)40(51)47-23-32(34(24-47)45-7)29-13-9-8-10-14-29/h8-10,13-14,17,20-22,31-35H,11-12,15-16,18-19,23-27H2,1-6H3,(H,46,49)/t31-,32-,33-,34+,35-/m0/s1. The molecule has 3 aliphatic rings. The van der Waals surface area contributed by atoms with Gasteiger partial charge in [0.15, 0.2) is 0 Å². The minimum absolute atomic E-state index is 0.0987. The lowest BCUT2D eigenvalue weighted by Gasteiger charge is -2.36. The summed E-state index contributed by atoms with van der Waals surface area (Å²) in [5.74, 6) is -2.05. The maximum absolute atomic E-state index is 14.3. The number of rotatable bonds is 12. The molecule has 0 bridgehead atoms. The zero-order chi connectivity index (χ0) is 43.4. The number of nitrogens with one attached hydrogen (secondary N) is 1. The third-order valence-corrected chi connectivity index (χ3v) is 14.1. The molecule has 0 saturated carbocycles. The molecule has 16 heteroatoms. The predicted molar refractivity (Wildman–Crippen MR) is 226 cm³/mol. The number of nitrogens with zero attached hydrogens (tertiary/aromatic N) is 3. The van der Waals surface area contributed by atoms with Crippen molar-refractivity contribution >= 4 is 58.7 Å². The van der Waals surface area contributed by atoms with Gasteiger partial charge in [-0.3, -0.25) is 37.6 Å². The molecule has 5 atom stereocenters. The van der Waals surface area contributed by atoms with Gasteiger partial charge in [-0.25, -0.2) is 6.57 Å². The number of carbonyl (C=O) groups is 5. The van der Waals surface area contributed by atoms with Crippen molar-refractivity contribution in [3.63, 3.8) is 0 Å². The zero-order valence-corrected chi connectivity index (χ0v) is 36.9. The second kappa shape index (κ2) is 18.6. The first-order valence-electron chi connectivity index (χ1n) is 20.5. The Morgan fingerprint density at radius 1 is 0.867 bits per heavy atom. The molecule has 14 nitrogen and oxygen atoms in total. The monoisotopic (exact) mass is 862 g/mol. The van der Waals surface area contributed by atoms with Crippen LogP contribution in [0.4, 0.5) is 0 Å². The topological polar surface area (TPSA) is 162 Å². The zero-order valence-electron chi connectivity index (χ0n) is 35.1. The highest BCUT2D eigenvalue weighted by Gasteiger charge is 2.48. The first kappa shape index (κ1) is 44.9. The van der Waals surface area contributed by atoms with Crippen molar-refractivity contribution in [3.8, 4) is 0 Å². The van der Waals surface area contributed by atoms with Crippen LogP contribution in [0.25, 0.3) is 14.9 Å². The molecule has 3 aromatic rings. The average molecular weight is 863 g/mol. The number of esters is 2. The summed E-state index contributed by atoms with van der Waals surface area (Å²) in [5, 5.41) is 3.67. The SMILES string of the molecule is [C-]#[N+][C@@H]1CN(C(=O)[C@@H]2CC[C@@H]3CCCC[C@H](NC(=O)c4cc5cc(CP(=O)(OCOC(=O)C(C)(C)C)OCOC(=O)C(C)(C)C)ccc5s4)C(=O)N32)C[C@H]1c1ccccc1. The molecule has 3 fully saturated rings. The molecule has 2 aromatic carbocycles. The molecule has 3 amide bonds. The van der Waals surface area contributed by atoms with Crippen LogP contribution in [-0.2, 0) is 48.4 Å². The number of benzene rings is 2. The Hall–Kier alpha value is -4.61. The van der Waals surface area contributed by atoms with Crippen LogP contribution in [0.5, 0.6) is 0 Å². The molecule has 1 N–H and O–H groups in total. The summed E-state index contributed by atoms with van der Waals surface area (Å²) < 4.78 is 36.1. The van der Waals surface area contributed by atoms with Crippen molar-refractivity contribution in [2.45, 2.75) is 116 Å². The Bertz CT molecular complexity index is 2140.